The lowest BCUT2D eigenvalue weighted by atomic mass is 10.1. The number of hydrogen-bond acceptors (Lipinski definition) is 3. The summed E-state index contributed by atoms with van der Waals surface area (Å²) in [5.41, 5.74) is 2.81. The average Bonchev–Trinajstić information content (AvgIpc) is 3.10. The van der Waals surface area contributed by atoms with E-state index in [0.29, 0.717) is 28.6 Å². The van der Waals surface area contributed by atoms with Crippen LogP contribution in [0.15, 0.2) is 72.8 Å². The summed E-state index contributed by atoms with van der Waals surface area (Å²) in [6.07, 6.45) is 0. The zero-order valence-corrected chi connectivity index (χ0v) is 17.4. The lowest BCUT2D eigenvalue weighted by Crippen LogP contribution is -2.27. The first kappa shape index (κ1) is 20.4. The van der Waals surface area contributed by atoms with Crippen molar-refractivity contribution in [1.29, 1.82) is 0 Å². The average molecular weight is 441 g/mol. The summed E-state index contributed by atoms with van der Waals surface area (Å²) < 4.78 is 13.3. The molecule has 30 heavy (non-hydrogen) atoms. The van der Waals surface area contributed by atoms with Gasteiger partial charge in [-0.05, 0) is 53.6 Å². The van der Waals surface area contributed by atoms with Gasteiger partial charge in [-0.25, -0.2) is 4.39 Å². The molecule has 1 saturated heterocycles. The number of benzene rings is 3. The van der Waals surface area contributed by atoms with Crippen molar-refractivity contribution >= 4 is 40.9 Å². The number of rotatable bonds is 5. The Hall–Kier alpha value is -2.83. The van der Waals surface area contributed by atoms with E-state index in [4.69, 9.17) is 11.6 Å². The van der Waals surface area contributed by atoms with Crippen LogP contribution in [0.3, 0.4) is 0 Å². The fourth-order valence-electron chi connectivity index (χ4n) is 3.26. The standard InChI is InChI=1S/C23H18ClFN2O2S/c24-18-10-4-15(5-11-18)13-27-21(28)14-30-23(27)17-8-6-16(7-9-17)22(29)26-20-3-1-2-19(25)12-20/h1-12,23H,13-14H2,(H,26,29)/t23-/m1/s1. The van der Waals surface area contributed by atoms with Gasteiger partial charge in [0.05, 0.1) is 5.75 Å². The smallest absolute Gasteiger partial charge is 0.255 e. The summed E-state index contributed by atoms with van der Waals surface area (Å²) in [6.45, 7) is 0.496. The van der Waals surface area contributed by atoms with Gasteiger partial charge in [-0.3, -0.25) is 9.59 Å². The molecule has 3 aromatic rings. The summed E-state index contributed by atoms with van der Waals surface area (Å²) in [5.74, 6) is -0.236. The molecule has 152 valence electrons. The van der Waals surface area contributed by atoms with E-state index >= 15 is 0 Å². The Morgan fingerprint density at radius 3 is 2.53 bits per heavy atom. The van der Waals surface area contributed by atoms with Crippen LogP contribution >= 0.6 is 23.4 Å². The first-order valence-corrected chi connectivity index (χ1v) is 10.7. The molecule has 1 fully saturated rings. The third kappa shape index (κ3) is 4.66. The van der Waals surface area contributed by atoms with E-state index in [1.165, 1.54) is 18.2 Å². The Labute approximate surface area is 183 Å². The van der Waals surface area contributed by atoms with Gasteiger partial charge in [-0.15, -0.1) is 11.8 Å². The van der Waals surface area contributed by atoms with E-state index in [0.717, 1.165) is 11.1 Å². The molecule has 1 aliphatic rings. The largest absolute Gasteiger partial charge is 0.322 e. The molecule has 2 amide bonds. The minimum absolute atomic E-state index is 0.0767. The summed E-state index contributed by atoms with van der Waals surface area (Å²) in [7, 11) is 0. The number of amides is 2. The van der Waals surface area contributed by atoms with Crippen LogP contribution in [0.1, 0.15) is 26.9 Å². The summed E-state index contributed by atoms with van der Waals surface area (Å²) in [4.78, 5) is 26.7. The van der Waals surface area contributed by atoms with E-state index < -0.39 is 5.82 Å². The topological polar surface area (TPSA) is 49.4 Å². The maximum Gasteiger partial charge on any atom is 0.255 e. The second-order valence-electron chi connectivity index (χ2n) is 6.90. The van der Waals surface area contributed by atoms with Gasteiger partial charge in [0.15, 0.2) is 0 Å². The van der Waals surface area contributed by atoms with E-state index in [-0.39, 0.29) is 17.2 Å². The minimum atomic E-state index is -0.410. The second kappa shape index (κ2) is 8.90. The van der Waals surface area contributed by atoms with Crippen LogP contribution in [0.2, 0.25) is 5.02 Å². The summed E-state index contributed by atoms with van der Waals surface area (Å²) in [5, 5.41) is 3.22. The van der Waals surface area contributed by atoms with Gasteiger partial charge in [-0.2, -0.15) is 0 Å². The van der Waals surface area contributed by atoms with Crippen molar-refractivity contribution in [1.82, 2.24) is 4.90 Å². The molecule has 0 bridgehead atoms. The molecule has 0 aromatic heterocycles. The van der Waals surface area contributed by atoms with Crippen LogP contribution in [0.25, 0.3) is 0 Å². The molecule has 4 rings (SSSR count). The maximum atomic E-state index is 13.3. The van der Waals surface area contributed by atoms with E-state index in [2.05, 4.69) is 5.32 Å². The van der Waals surface area contributed by atoms with Gasteiger partial charge < -0.3 is 10.2 Å². The van der Waals surface area contributed by atoms with Crippen LogP contribution in [-0.2, 0) is 11.3 Å². The van der Waals surface area contributed by atoms with Crippen LogP contribution in [-0.4, -0.2) is 22.5 Å². The van der Waals surface area contributed by atoms with Crippen LogP contribution in [0, 0.1) is 5.82 Å². The first-order chi connectivity index (χ1) is 14.5. The highest BCUT2D eigenvalue weighted by Crippen LogP contribution is 2.39. The Bertz CT molecular complexity index is 1070. The van der Waals surface area contributed by atoms with Crippen molar-refractivity contribution in [3.05, 3.63) is 100 Å². The van der Waals surface area contributed by atoms with Crippen LogP contribution < -0.4 is 5.32 Å². The van der Waals surface area contributed by atoms with E-state index in [1.54, 1.807) is 30.0 Å². The zero-order chi connectivity index (χ0) is 21.1. The fourth-order valence-corrected chi connectivity index (χ4v) is 4.57. The summed E-state index contributed by atoms with van der Waals surface area (Å²) in [6, 6.07) is 20.3. The van der Waals surface area contributed by atoms with Crippen molar-refractivity contribution in [3.63, 3.8) is 0 Å². The quantitative estimate of drug-likeness (QED) is 0.569. The molecular formula is C23H18ClFN2O2S. The number of nitrogens with one attached hydrogen (secondary N) is 1. The first-order valence-electron chi connectivity index (χ1n) is 9.32. The van der Waals surface area contributed by atoms with Gasteiger partial charge in [-0.1, -0.05) is 41.9 Å². The molecule has 0 spiro atoms. The van der Waals surface area contributed by atoms with Crippen molar-refractivity contribution < 1.29 is 14.0 Å². The van der Waals surface area contributed by atoms with Crippen LogP contribution in [0.5, 0.6) is 0 Å². The molecule has 1 aliphatic heterocycles. The Balaban J connectivity index is 1.47. The highest BCUT2D eigenvalue weighted by molar-refractivity contribution is 8.00. The van der Waals surface area contributed by atoms with Gasteiger partial charge in [0, 0.05) is 22.8 Å². The monoisotopic (exact) mass is 440 g/mol. The molecule has 1 N–H and O–H groups in total. The molecule has 1 heterocycles. The third-order valence-corrected chi connectivity index (χ3v) is 6.28. The molecule has 4 nitrogen and oxygen atoms in total. The van der Waals surface area contributed by atoms with E-state index in [9.17, 15) is 14.0 Å². The summed E-state index contributed by atoms with van der Waals surface area (Å²) >= 11 is 7.51. The maximum absolute atomic E-state index is 13.3. The normalized spacial score (nSPS) is 16.0. The van der Waals surface area contributed by atoms with Crippen molar-refractivity contribution in [2.45, 2.75) is 11.9 Å². The molecule has 0 unspecified atom stereocenters. The molecule has 3 aromatic carbocycles. The van der Waals surface area contributed by atoms with Gasteiger partial charge in [0.2, 0.25) is 5.91 Å². The van der Waals surface area contributed by atoms with Crippen molar-refractivity contribution in [2.24, 2.45) is 0 Å². The predicted octanol–water partition coefficient (Wildman–Crippen LogP) is 5.51. The predicted molar refractivity (Wildman–Crippen MR) is 118 cm³/mol. The van der Waals surface area contributed by atoms with Gasteiger partial charge >= 0.3 is 0 Å². The Morgan fingerprint density at radius 2 is 1.83 bits per heavy atom. The number of nitrogens with zero attached hydrogens (tertiary/aromatic N) is 1. The molecule has 0 aliphatic carbocycles. The zero-order valence-electron chi connectivity index (χ0n) is 15.8. The van der Waals surface area contributed by atoms with Gasteiger partial charge in [0.1, 0.15) is 11.2 Å². The number of carbonyl (C=O) groups excluding carboxylic acids is 2. The highest BCUT2D eigenvalue weighted by Gasteiger charge is 2.32. The molecule has 0 saturated carbocycles. The number of hydrogen-bond donors (Lipinski definition) is 1. The fraction of sp³-hybridized carbons (Fsp3) is 0.130. The molecule has 0 radical (unpaired) electrons. The Morgan fingerprint density at radius 1 is 1.10 bits per heavy atom. The third-order valence-electron chi connectivity index (χ3n) is 4.77. The number of anilines is 1. The number of thioether (sulfide) groups is 1. The minimum Gasteiger partial charge on any atom is -0.322 e. The number of halogens is 2. The highest BCUT2D eigenvalue weighted by atomic mass is 35.5. The molecule has 7 heteroatoms. The molecular weight excluding hydrogens is 423 g/mol. The van der Waals surface area contributed by atoms with Gasteiger partial charge in [0.25, 0.3) is 5.91 Å². The molecule has 1 atom stereocenters. The SMILES string of the molecule is O=C(Nc1cccc(F)c1)c1ccc([C@H]2SCC(=O)N2Cc2ccc(Cl)cc2)cc1. The van der Waals surface area contributed by atoms with E-state index in [1.807, 2.05) is 41.3 Å². The lowest BCUT2D eigenvalue weighted by molar-refractivity contribution is -0.128. The second-order valence-corrected chi connectivity index (χ2v) is 8.40. The van der Waals surface area contributed by atoms with Crippen molar-refractivity contribution in [3.8, 4) is 0 Å². The van der Waals surface area contributed by atoms with Crippen LogP contribution in [0.4, 0.5) is 10.1 Å². The lowest BCUT2D eigenvalue weighted by Gasteiger charge is -2.24. The Kier molecular flexibility index (Phi) is 6.06. The van der Waals surface area contributed by atoms with Crippen molar-refractivity contribution in [2.75, 3.05) is 11.1 Å². The number of carbonyl (C=O) groups is 2.